The molecule has 2 aromatic rings. The maximum atomic E-state index is 13.3. The van der Waals surface area contributed by atoms with E-state index >= 15 is 0 Å². The summed E-state index contributed by atoms with van der Waals surface area (Å²) >= 11 is 0. The lowest BCUT2D eigenvalue weighted by atomic mass is 10.0. The number of rotatable bonds is 11. The van der Waals surface area contributed by atoms with Crippen molar-refractivity contribution in [3.8, 4) is 11.5 Å². The van der Waals surface area contributed by atoms with Crippen molar-refractivity contribution in [1.29, 1.82) is 10.8 Å². The SMILES string of the molecule is C[C@H]1CC(=O)N(Cc2ccc(C(=O)NC3CCN(C4CCCC4)CC3)cc2Oc2ccc(C(=N)/C=C\C(=N)C(F)F)cc2)C1. The second-order valence-electron chi connectivity index (χ2n) is 12.3. The fraction of sp³-hybridized carbons (Fsp3) is 0.471. The first kappa shape index (κ1) is 31.5. The fourth-order valence-corrected chi connectivity index (χ4v) is 6.37. The Morgan fingerprint density at radius 2 is 1.70 bits per heavy atom. The predicted molar refractivity (Wildman–Crippen MR) is 166 cm³/mol. The molecule has 2 aliphatic heterocycles. The van der Waals surface area contributed by atoms with Crippen LogP contribution in [0.15, 0.2) is 54.6 Å². The highest BCUT2D eigenvalue weighted by atomic mass is 19.3. The van der Waals surface area contributed by atoms with Crippen molar-refractivity contribution in [2.45, 2.75) is 76.9 Å². The van der Waals surface area contributed by atoms with Crippen LogP contribution in [0, 0.1) is 16.7 Å². The first-order valence-electron chi connectivity index (χ1n) is 15.5. The number of hydrogen-bond donors (Lipinski definition) is 3. The zero-order valence-electron chi connectivity index (χ0n) is 25.2. The molecule has 0 unspecified atom stereocenters. The van der Waals surface area contributed by atoms with Gasteiger partial charge < -0.3 is 25.3 Å². The molecule has 2 amide bonds. The van der Waals surface area contributed by atoms with Crippen LogP contribution in [0.2, 0.25) is 0 Å². The minimum absolute atomic E-state index is 0.0166. The molecule has 8 nitrogen and oxygen atoms in total. The van der Waals surface area contributed by atoms with Crippen LogP contribution in [0.3, 0.4) is 0 Å². The lowest BCUT2D eigenvalue weighted by Gasteiger charge is -2.36. The Kier molecular flexibility index (Phi) is 10.2. The molecule has 3 aliphatic rings. The highest BCUT2D eigenvalue weighted by Gasteiger charge is 2.29. The number of carbonyl (C=O) groups excluding carboxylic acids is 2. The predicted octanol–water partition coefficient (Wildman–Crippen LogP) is 6.19. The van der Waals surface area contributed by atoms with Crippen LogP contribution >= 0.6 is 0 Å². The molecule has 0 spiro atoms. The third-order valence-corrected chi connectivity index (χ3v) is 8.86. The highest BCUT2D eigenvalue weighted by Crippen LogP contribution is 2.31. The number of nitrogens with one attached hydrogen (secondary N) is 3. The number of likely N-dealkylation sites (tertiary alicyclic amines) is 2. The molecule has 1 aliphatic carbocycles. The summed E-state index contributed by atoms with van der Waals surface area (Å²) in [4.78, 5) is 30.3. The van der Waals surface area contributed by atoms with Crippen molar-refractivity contribution >= 4 is 23.2 Å². The van der Waals surface area contributed by atoms with Gasteiger partial charge in [-0.15, -0.1) is 0 Å². The molecule has 44 heavy (non-hydrogen) atoms. The molecular formula is C34H41F2N5O3. The van der Waals surface area contributed by atoms with Crippen LogP contribution in [0.25, 0.3) is 0 Å². The van der Waals surface area contributed by atoms with Crippen molar-refractivity contribution in [3.63, 3.8) is 0 Å². The smallest absolute Gasteiger partial charge is 0.279 e. The van der Waals surface area contributed by atoms with Gasteiger partial charge in [0.2, 0.25) is 5.91 Å². The van der Waals surface area contributed by atoms with E-state index < -0.39 is 12.1 Å². The van der Waals surface area contributed by atoms with E-state index in [1.54, 1.807) is 41.3 Å². The number of ether oxygens (including phenoxy) is 1. The maximum Gasteiger partial charge on any atom is 0.279 e. The summed E-state index contributed by atoms with van der Waals surface area (Å²) in [5.74, 6) is 1.14. The van der Waals surface area contributed by atoms with Crippen molar-refractivity contribution < 1.29 is 23.1 Å². The first-order chi connectivity index (χ1) is 21.2. The van der Waals surface area contributed by atoms with Gasteiger partial charge in [-0.3, -0.25) is 15.0 Å². The zero-order chi connectivity index (χ0) is 31.2. The van der Waals surface area contributed by atoms with Gasteiger partial charge >= 0.3 is 0 Å². The number of piperidine rings is 1. The lowest BCUT2D eigenvalue weighted by molar-refractivity contribution is -0.128. The highest BCUT2D eigenvalue weighted by molar-refractivity contribution is 6.10. The molecule has 10 heteroatoms. The Hall–Kier alpha value is -3.92. The molecule has 2 saturated heterocycles. The average Bonchev–Trinajstić information content (AvgIpc) is 3.66. The number of carbonyl (C=O) groups is 2. The number of benzene rings is 2. The molecule has 2 aromatic carbocycles. The van der Waals surface area contributed by atoms with Gasteiger partial charge in [0.15, 0.2) is 0 Å². The van der Waals surface area contributed by atoms with E-state index in [1.165, 1.54) is 25.7 Å². The van der Waals surface area contributed by atoms with Gasteiger partial charge in [-0.25, -0.2) is 8.78 Å². The molecule has 1 saturated carbocycles. The van der Waals surface area contributed by atoms with E-state index in [0.29, 0.717) is 48.2 Å². The third-order valence-electron chi connectivity index (χ3n) is 8.86. The van der Waals surface area contributed by atoms with Crippen LogP contribution in [-0.2, 0) is 11.3 Å². The van der Waals surface area contributed by atoms with Gasteiger partial charge in [0, 0.05) is 55.8 Å². The van der Waals surface area contributed by atoms with Crippen LogP contribution in [0.4, 0.5) is 8.78 Å². The Balaban J connectivity index is 1.28. The molecule has 2 heterocycles. The van der Waals surface area contributed by atoms with Gasteiger partial charge in [-0.1, -0.05) is 25.8 Å². The molecule has 0 bridgehead atoms. The minimum atomic E-state index is -2.89. The molecule has 3 fully saturated rings. The largest absolute Gasteiger partial charge is 0.457 e. The van der Waals surface area contributed by atoms with Gasteiger partial charge in [0.05, 0.1) is 11.4 Å². The fourth-order valence-electron chi connectivity index (χ4n) is 6.37. The molecule has 0 radical (unpaired) electrons. The summed E-state index contributed by atoms with van der Waals surface area (Å²) in [5.41, 5.74) is 0.857. The van der Waals surface area contributed by atoms with E-state index in [0.717, 1.165) is 43.6 Å². The van der Waals surface area contributed by atoms with E-state index in [1.807, 2.05) is 13.0 Å². The topological polar surface area (TPSA) is 110 Å². The zero-order valence-corrected chi connectivity index (χ0v) is 25.2. The van der Waals surface area contributed by atoms with E-state index in [-0.39, 0.29) is 29.5 Å². The summed E-state index contributed by atoms with van der Waals surface area (Å²) in [7, 11) is 0. The number of hydrogen-bond acceptors (Lipinski definition) is 6. The normalized spacial score (nSPS) is 20.1. The Bertz CT molecular complexity index is 1400. The Labute approximate surface area is 257 Å². The third kappa shape index (κ3) is 7.96. The molecule has 5 rings (SSSR count). The quantitative estimate of drug-likeness (QED) is 0.265. The van der Waals surface area contributed by atoms with Crippen molar-refractivity contribution in [1.82, 2.24) is 15.1 Å². The molecular weight excluding hydrogens is 564 g/mol. The summed E-state index contributed by atoms with van der Waals surface area (Å²) in [6.45, 7) is 5.08. The van der Waals surface area contributed by atoms with E-state index in [4.69, 9.17) is 15.6 Å². The van der Waals surface area contributed by atoms with Crippen LogP contribution in [0.5, 0.6) is 11.5 Å². The van der Waals surface area contributed by atoms with Crippen LogP contribution < -0.4 is 10.1 Å². The second-order valence-corrected chi connectivity index (χ2v) is 12.3. The Morgan fingerprint density at radius 1 is 1.02 bits per heavy atom. The molecule has 3 N–H and O–H groups in total. The standard InChI is InChI=1S/C34H41F2N5O3/c1-22-18-32(42)41(20-22)21-25-7-6-24(34(43)39-26-14-16-40(17-15-26)27-4-2-3-5-27)19-31(25)44-28-10-8-23(9-11-28)29(37)12-13-30(38)33(35)36/h6-13,19,22,26-27,33,37-38H,2-5,14-18,20-21H2,1H3,(H,39,43)/b13-12-,37-29?,38-30?/t22-/m0/s1. The lowest BCUT2D eigenvalue weighted by Crippen LogP contribution is -2.47. The van der Waals surface area contributed by atoms with E-state index in [2.05, 4.69) is 10.2 Å². The maximum absolute atomic E-state index is 13.3. The molecule has 234 valence electrons. The van der Waals surface area contributed by atoms with E-state index in [9.17, 15) is 18.4 Å². The molecule has 0 aromatic heterocycles. The minimum Gasteiger partial charge on any atom is -0.457 e. The van der Waals surface area contributed by atoms with Gasteiger partial charge in [-0.05, 0) is 85.7 Å². The number of amides is 2. The van der Waals surface area contributed by atoms with Crippen molar-refractivity contribution in [2.24, 2.45) is 5.92 Å². The Morgan fingerprint density at radius 3 is 2.34 bits per heavy atom. The monoisotopic (exact) mass is 605 g/mol. The summed E-state index contributed by atoms with van der Waals surface area (Å²) in [6.07, 6.45) is 6.74. The summed E-state index contributed by atoms with van der Waals surface area (Å²) < 4.78 is 31.4. The number of nitrogens with zero attached hydrogens (tertiary/aromatic N) is 2. The first-order valence-corrected chi connectivity index (χ1v) is 15.5. The molecule has 1 atom stereocenters. The second kappa shape index (κ2) is 14.2. The number of alkyl halides is 2. The van der Waals surface area contributed by atoms with Crippen molar-refractivity contribution in [2.75, 3.05) is 19.6 Å². The van der Waals surface area contributed by atoms with Gasteiger partial charge in [0.1, 0.15) is 11.5 Å². The summed E-state index contributed by atoms with van der Waals surface area (Å²) in [6, 6.07) is 12.7. The average molecular weight is 606 g/mol. The number of allylic oxidation sites excluding steroid dienone is 2. The summed E-state index contributed by atoms with van der Waals surface area (Å²) in [5, 5.41) is 18.6. The van der Waals surface area contributed by atoms with Gasteiger partial charge in [0.25, 0.3) is 12.3 Å². The van der Waals surface area contributed by atoms with Crippen LogP contribution in [-0.4, -0.2) is 71.2 Å². The van der Waals surface area contributed by atoms with Gasteiger partial charge in [-0.2, -0.15) is 0 Å². The van der Waals surface area contributed by atoms with Crippen molar-refractivity contribution in [3.05, 3.63) is 71.3 Å². The number of halogens is 2. The van der Waals surface area contributed by atoms with Crippen LogP contribution in [0.1, 0.15) is 73.4 Å².